The molecule has 0 radical (unpaired) electrons. The van der Waals surface area contributed by atoms with Gasteiger partial charge < -0.3 is 15.3 Å². The van der Waals surface area contributed by atoms with Gasteiger partial charge in [0.25, 0.3) is 0 Å². The Morgan fingerprint density at radius 3 is 2.84 bits per heavy atom. The molecule has 2 fully saturated rings. The van der Waals surface area contributed by atoms with E-state index in [4.69, 9.17) is 0 Å². The third-order valence-corrected chi connectivity index (χ3v) is 4.30. The molecule has 0 saturated carbocycles. The minimum Gasteiger partial charge on any atom is -0.392 e. The molecule has 0 aromatic rings. The maximum atomic E-state index is 12.4. The number of nitrogens with one attached hydrogen (secondary N) is 1. The zero-order chi connectivity index (χ0) is 13.8. The minimum atomic E-state index is -0.296. The fraction of sp³-hybridized carbons (Fsp3) is 0.929. The van der Waals surface area contributed by atoms with E-state index in [1.54, 1.807) is 0 Å². The second-order valence-electron chi connectivity index (χ2n) is 5.88. The lowest BCUT2D eigenvalue weighted by Crippen LogP contribution is -2.56. The van der Waals surface area contributed by atoms with Crippen LogP contribution in [0.15, 0.2) is 0 Å². The summed E-state index contributed by atoms with van der Waals surface area (Å²) in [6.07, 6.45) is 1.71. The Morgan fingerprint density at radius 1 is 1.47 bits per heavy atom. The van der Waals surface area contributed by atoms with Gasteiger partial charge in [-0.05, 0) is 26.3 Å². The molecule has 0 bridgehead atoms. The second kappa shape index (κ2) is 6.68. The molecule has 2 N–H and O–H groups in total. The molecule has 110 valence electrons. The highest BCUT2D eigenvalue weighted by Gasteiger charge is 2.33. The van der Waals surface area contributed by atoms with Crippen molar-refractivity contribution in [2.45, 2.75) is 38.8 Å². The van der Waals surface area contributed by atoms with Crippen molar-refractivity contribution in [3.05, 3.63) is 0 Å². The number of aliphatic hydroxyl groups excluding tert-OH is 1. The van der Waals surface area contributed by atoms with Crippen molar-refractivity contribution in [3.8, 4) is 0 Å². The fourth-order valence-corrected chi connectivity index (χ4v) is 3.18. The van der Waals surface area contributed by atoms with Gasteiger partial charge in [0.15, 0.2) is 0 Å². The van der Waals surface area contributed by atoms with Crippen LogP contribution in [0, 0.1) is 5.92 Å². The lowest BCUT2D eigenvalue weighted by atomic mass is 10.0. The highest BCUT2D eigenvalue weighted by Crippen LogP contribution is 2.18. The lowest BCUT2D eigenvalue weighted by molar-refractivity contribution is -0.138. The Bertz CT molecular complexity index is 303. The maximum Gasteiger partial charge on any atom is 0.227 e. The number of hydrogen-bond acceptors (Lipinski definition) is 4. The average Bonchev–Trinajstić information content (AvgIpc) is 2.91. The van der Waals surface area contributed by atoms with Crippen molar-refractivity contribution in [3.63, 3.8) is 0 Å². The number of carbonyl (C=O) groups excluding carboxylic acids is 1. The number of aliphatic hydroxyl groups is 1. The van der Waals surface area contributed by atoms with E-state index >= 15 is 0 Å². The number of β-amino-alcohol motifs (C(OH)–C–C–N with tert-alkyl or cyclic N) is 1. The molecule has 2 aliphatic rings. The molecule has 2 aliphatic heterocycles. The van der Waals surface area contributed by atoms with Gasteiger partial charge in [0.1, 0.15) is 0 Å². The molecule has 3 unspecified atom stereocenters. The van der Waals surface area contributed by atoms with Crippen LogP contribution in [0.5, 0.6) is 0 Å². The molecule has 2 saturated heterocycles. The van der Waals surface area contributed by atoms with Gasteiger partial charge in [0.05, 0.1) is 12.0 Å². The van der Waals surface area contributed by atoms with E-state index < -0.39 is 0 Å². The molecule has 1 amide bonds. The van der Waals surface area contributed by atoms with Gasteiger partial charge in [0, 0.05) is 38.8 Å². The molecular formula is C14H27N3O2. The summed E-state index contributed by atoms with van der Waals surface area (Å²) in [4.78, 5) is 16.8. The van der Waals surface area contributed by atoms with E-state index in [0.717, 1.165) is 45.6 Å². The third kappa shape index (κ3) is 3.68. The molecule has 5 heteroatoms. The zero-order valence-electron chi connectivity index (χ0n) is 12.1. The van der Waals surface area contributed by atoms with E-state index in [-0.39, 0.29) is 12.0 Å². The van der Waals surface area contributed by atoms with E-state index in [2.05, 4.69) is 17.1 Å². The van der Waals surface area contributed by atoms with Crippen LogP contribution in [0.3, 0.4) is 0 Å². The predicted molar refractivity (Wildman–Crippen MR) is 74.9 cm³/mol. The third-order valence-electron chi connectivity index (χ3n) is 4.30. The van der Waals surface area contributed by atoms with Crippen LogP contribution in [-0.4, -0.2) is 72.2 Å². The van der Waals surface area contributed by atoms with Crippen molar-refractivity contribution >= 4 is 5.91 Å². The van der Waals surface area contributed by atoms with Crippen LogP contribution in [0.25, 0.3) is 0 Å². The first kappa shape index (κ1) is 14.8. The van der Waals surface area contributed by atoms with E-state index in [0.29, 0.717) is 18.5 Å². The minimum absolute atomic E-state index is 0.181. The molecule has 3 atom stereocenters. The maximum absolute atomic E-state index is 12.4. The summed E-state index contributed by atoms with van der Waals surface area (Å²) < 4.78 is 0. The standard InChI is InChI=1S/C14H27N3O2/c1-3-13-10-17(7-6-16(13)9-11(2)18)14(19)12-4-5-15-8-12/h11-13,15,18H,3-10H2,1-2H3. The van der Waals surface area contributed by atoms with Gasteiger partial charge in [-0.1, -0.05) is 6.92 Å². The molecule has 2 rings (SSSR count). The molecule has 0 aliphatic carbocycles. The largest absolute Gasteiger partial charge is 0.392 e. The molecule has 0 aromatic carbocycles. The predicted octanol–water partition coefficient (Wildman–Crippen LogP) is -0.100. The Morgan fingerprint density at radius 2 is 2.26 bits per heavy atom. The molecular weight excluding hydrogens is 242 g/mol. The SMILES string of the molecule is CCC1CN(C(=O)C2CCNC2)CCN1CC(C)O. The highest BCUT2D eigenvalue weighted by atomic mass is 16.3. The molecule has 2 heterocycles. The average molecular weight is 269 g/mol. The first-order valence-corrected chi connectivity index (χ1v) is 7.53. The van der Waals surface area contributed by atoms with Crippen LogP contribution >= 0.6 is 0 Å². The van der Waals surface area contributed by atoms with Crippen molar-refractivity contribution in [1.29, 1.82) is 0 Å². The number of rotatable bonds is 4. The van der Waals surface area contributed by atoms with Crippen molar-refractivity contribution in [1.82, 2.24) is 15.1 Å². The quantitative estimate of drug-likeness (QED) is 0.748. The number of hydrogen-bond donors (Lipinski definition) is 2. The lowest BCUT2D eigenvalue weighted by Gasteiger charge is -2.42. The van der Waals surface area contributed by atoms with Crippen LogP contribution in [0.1, 0.15) is 26.7 Å². The molecule has 5 nitrogen and oxygen atoms in total. The smallest absolute Gasteiger partial charge is 0.227 e. The van der Waals surface area contributed by atoms with Gasteiger partial charge in [-0.15, -0.1) is 0 Å². The first-order valence-electron chi connectivity index (χ1n) is 7.53. The van der Waals surface area contributed by atoms with Gasteiger partial charge >= 0.3 is 0 Å². The van der Waals surface area contributed by atoms with Gasteiger partial charge in [-0.3, -0.25) is 9.69 Å². The van der Waals surface area contributed by atoms with Gasteiger partial charge in [0.2, 0.25) is 5.91 Å². The van der Waals surface area contributed by atoms with Crippen molar-refractivity contribution in [2.75, 3.05) is 39.3 Å². The Balaban J connectivity index is 1.90. The summed E-state index contributed by atoms with van der Waals surface area (Å²) in [5.74, 6) is 0.501. The summed E-state index contributed by atoms with van der Waals surface area (Å²) in [5, 5.41) is 12.8. The normalized spacial score (nSPS) is 30.6. The number of piperazine rings is 1. The Kier molecular flexibility index (Phi) is 5.19. The number of nitrogens with zero attached hydrogens (tertiary/aromatic N) is 2. The van der Waals surface area contributed by atoms with Crippen LogP contribution in [-0.2, 0) is 4.79 Å². The monoisotopic (exact) mass is 269 g/mol. The number of carbonyl (C=O) groups is 1. The number of amides is 1. The van der Waals surface area contributed by atoms with Crippen LogP contribution < -0.4 is 5.32 Å². The summed E-state index contributed by atoms with van der Waals surface area (Å²) in [6, 6.07) is 0.390. The van der Waals surface area contributed by atoms with Gasteiger partial charge in [-0.25, -0.2) is 0 Å². The van der Waals surface area contributed by atoms with Crippen LogP contribution in [0.4, 0.5) is 0 Å². The van der Waals surface area contributed by atoms with E-state index in [1.165, 1.54) is 0 Å². The van der Waals surface area contributed by atoms with Crippen molar-refractivity contribution in [2.24, 2.45) is 5.92 Å². The van der Waals surface area contributed by atoms with Gasteiger partial charge in [-0.2, -0.15) is 0 Å². The molecule has 0 aromatic heterocycles. The fourth-order valence-electron chi connectivity index (χ4n) is 3.18. The van der Waals surface area contributed by atoms with E-state index in [9.17, 15) is 9.90 Å². The topological polar surface area (TPSA) is 55.8 Å². The highest BCUT2D eigenvalue weighted by molar-refractivity contribution is 5.79. The van der Waals surface area contributed by atoms with Crippen molar-refractivity contribution < 1.29 is 9.90 Å². The summed E-state index contributed by atoms with van der Waals surface area (Å²) in [7, 11) is 0. The first-order chi connectivity index (χ1) is 9.11. The Hall–Kier alpha value is -0.650. The second-order valence-corrected chi connectivity index (χ2v) is 5.88. The van der Waals surface area contributed by atoms with E-state index in [1.807, 2.05) is 11.8 Å². The summed E-state index contributed by atoms with van der Waals surface area (Å²) in [5.41, 5.74) is 0. The zero-order valence-corrected chi connectivity index (χ0v) is 12.1. The molecule has 0 spiro atoms. The molecule has 19 heavy (non-hydrogen) atoms. The summed E-state index contributed by atoms with van der Waals surface area (Å²) in [6.45, 7) is 9.01. The Labute approximate surface area is 115 Å². The van der Waals surface area contributed by atoms with Crippen LogP contribution in [0.2, 0.25) is 0 Å². The summed E-state index contributed by atoms with van der Waals surface area (Å²) >= 11 is 0.